The van der Waals surface area contributed by atoms with Gasteiger partial charge in [-0.05, 0) is 25.1 Å². The molecule has 0 radical (unpaired) electrons. The first-order valence-corrected chi connectivity index (χ1v) is 10.0. The van der Waals surface area contributed by atoms with Crippen LogP contribution < -0.4 is 0 Å². The predicted octanol–water partition coefficient (Wildman–Crippen LogP) is 2.16. The topological polar surface area (TPSA) is 80.1 Å². The number of methoxy groups -OCH3 is 1. The predicted molar refractivity (Wildman–Crippen MR) is 95.2 cm³/mol. The second-order valence-electron chi connectivity index (χ2n) is 6.43. The van der Waals surface area contributed by atoms with Crippen LogP contribution in [0.5, 0.6) is 0 Å². The van der Waals surface area contributed by atoms with Crippen LogP contribution in [0.2, 0.25) is 0 Å². The molecular weight excluding hydrogens is 394 g/mol. The summed E-state index contributed by atoms with van der Waals surface area (Å²) in [6.07, 6.45) is 0. The number of piperazine rings is 1. The van der Waals surface area contributed by atoms with E-state index in [1.807, 2.05) is 4.90 Å². The third-order valence-corrected chi connectivity index (χ3v) is 6.53. The molecule has 2 heterocycles. The maximum absolute atomic E-state index is 13.9. The molecule has 0 N–H and O–H groups in total. The van der Waals surface area contributed by atoms with Crippen LogP contribution in [0.3, 0.4) is 0 Å². The number of halogens is 2. The van der Waals surface area contributed by atoms with Crippen LogP contribution in [0.4, 0.5) is 8.78 Å². The normalized spacial score (nSPS) is 16.3. The average molecular weight is 414 g/mol. The lowest BCUT2D eigenvalue weighted by molar-refractivity contribution is 0.0598. The summed E-state index contributed by atoms with van der Waals surface area (Å²) in [6, 6.07) is 4.02. The quantitative estimate of drug-likeness (QED) is 0.698. The summed E-state index contributed by atoms with van der Waals surface area (Å²) in [6.45, 7) is 3.17. The van der Waals surface area contributed by atoms with E-state index in [2.05, 4.69) is 0 Å². The molecule has 0 amide bonds. The van der Waals surface area contributed by atoms with Gasteiger partial charge in [-0.3, -0.25) is 4.90 Å². The number of aryl methyl sites for hydroxylation is 1. The zero-order chi connectivity index (χ0) is 20.5. The lowest BCUT2D eigenvalue weighted by atomic mass is 10.2. The fourth-order valence-corrected chi connectivity index (χ4v) is 4.57. The van der Waals surface area contributed by atoms with Gasteiger partial charge in [0.15, 0.2) is 0 Å². The summed E-state index contributed by atoms with van der Waals surface area (Å²) in [5, 5.41) is 0. The third kappa shape index (κ3) is 4.08. The Morgan fingerprint density at radius 2 is 1.86 bits per heavy atom. The third-order valence-electron chi connectivity index (χ3n) is 4.60. The molecule has 0 spiro atoms. The number of hydrogen-bond donors (Lipinski definition) is 0. The molecule has 1 saturated heterocycles. The number of rotatable bonds is 5. The molecule has 152 valence electrons. The van der Waals surface area contributed by atoms with E-state index >= 15 is 0 Å². The number of hydrogen-bond acceptors (Lipinski definition) is 6. The highest BCUT2D eigenvalue weighted by molar-refractivity contribution is 7.89. The number of furan rings is 1. The average Bonchev–Trinajstić information content (AvgIpc) is 3.01. The first-order valence-electron chi connectivity index (χ1n) is 8.57. The van der Waals surface area contributed by atoms with Crippen molar-refractivity contribution < 1.29 is 31.1 Å². The molecule has 1 aromatic carbocycles. The number of ether oxygens (including phenoxy) is 1. The van der Waals surface area contributed by atoms with Crippen LogP contribution in [0.15, 0.2) is 33.6 Å². The Morgan fingerprint density at radius 1 is 1.18 bits per heavy atom. The van der Waals surface area contributed by atoms with Crippen LogP contribution in [0, 0.1) is 18.6 Å². The summed E-state index contributed by atoms with van der Waals surface area (Å²) in [5.74, 6) is -1.40. The Kier molecular flexibility index (Phi) is 5.82. The van der Waals surface area contributed by atoms with Gasteiger partial charge in [0.2, 0.25) is 10.0 Å². The van der Waals surface area contributed by atoms with Crippen molar-refractivity contribution in [3.8, 4) is 0 Å². The smallest absolute Gasteiger partial charge is 0.341 e. The molecule has 28 heavy (non-hydrogen) atoms. The van der Waals surface area contributed by atoms with Gasteiger partial charge >= 0.3 is 5.97 Å². The zero-order valence-corrected chi connectivity index (χ0v) is 16.3. The largest absolute Gasteiger partial charge is 0.465 e. The molecule has 0 atom stereocenters. The van der Waals surface area contributed by atoms with Gasteiger partial charge in [-0.15, -0.1) is 0 Å². The SMILES string of the molecule is COC(=O)c1cc(CN2CCN(S(=O)(=O)c3ccc(F)cc3F)CC2)oc1C. The minimum atomic E-state index is -4.04. The Morgan fingerprint density at radius 3 is 2.46 bits per heavy atom. The Hall–Kier alpha value is -2.30. The second-order valence-corrected chi connectivity index (χ2v) is 8.34. The Labute approximate surface area is 161 Å². The molecule has 7 nitrogen and oxygen atoms in total. The van der Waals surface area contributed by atoms with Crippen LogP contribution in [-0.4, -0.2) is 56.9 Å². The highest BCUT2D eigenvalue weighted by Gasteiger charge is 2.31. The van der Waals surface area contributed by atoms with Gasteiger partial charge in [-0.1, -0.05) is 0 Å². The molecule has 10 heteroatoms. The van der Waals surface area contributed by atoms with E-state index in [0.717, 1.165) is 12.1 Å². The maximum Gasteiger partial charge on any atom is 0.341 e. The summed E-state index contributed by atoms with van der Waals surface area (Å²) < 4.78 is 63.6. The second kappa shape index (κ2) is 7.98. The highest BCUT2D eigenvalue weighted by Crippen LogP contribution is 2.23. The van der Waals surface area contributed by atoms with Crippen molar-refractivity contribution >= 4 is 16.0 Å². The van der Waals surface area contributed by atoms with Crippen molar-refractivity contribution in [3.05, 3.63) is 53.0 Å². The number of esters is 1. The number of benzene rings is 1. The Bertz CT molecular complexity index is 982. The molecule has 3 rings (SSSR count). The van der Waals surface area contributed by atoms with Gasteiger partial charge in [-0.2, -0.15) is 4.31 Å². The number of nitrogens with zero attached hydrogens (tertiary/aromatic N) is 2. The zero-order valence-electron chi connectivity index (χ0n) is 15.4. The van der Waals surface area contributed by atoms with Crippen LogP contribution in [0.1, 0.15) is 21.9 Å². The van der Waals surface area contributed by atoms with Crippen molar-refractivity contribution in [2.75, 3.05) is 33.3 Å². The van der Waals surface area contributed by atoms with Gasteiger partial charge in [0.25, 0.3) is 0 Å². The molecular formula is C18H20F2N2O5S. The fraction of sp³-hybridized carbons (Fsp3) is 0.389. The van der Waals surface area contributed by atoms with Crippen molar-refractivity contribution in [2.24, 2.45) is 0 Å². The summed E-state index contributed by atoms with van der Waals surface area (Å²) >= 11 is 0. The van der Waals surface area contributed by atoms with Crippen molar-refractivity contribution in [1.29, 1.82) is 0 Å². The summed E-state index contributed by atoms with van der Waals surface area (Å²) in [5.41, 5.74) is 0.352. The van der Waals surface area contributed by atoms with Gasteiger partial charge in [0.05, 0.1) is 13.7 Å². The number of carbonyl (C=O) groups excluding carboxylic acids is 1. The minimum Gasteiger partial charge on any atom is -0.465 e. The molecule has 1 aromatic heterocycles. The van der Waals surface area contributed by atoms with E-state index in [9.17, 15) is 22.0 Å². The first-order chi connectivity index (χ1) is 13.2. The van der Waals surface area contributed by atoms with Crippen molar-refractivity contribution in [1.82, 2.24) is 9.21 Å². The van der Waals surface area contributed by atoms with Crippen LogP contribution in [0.25, 0.3) is 0 Å². The molecule has 1 aliphatic rings. The lowest BCUT2D eigenvalue weighted by Crippen LogP contribution is -2.48. The molecule has 1 aliphatic heterocycles. The minimum absolute atomic E-state index is 0.155. The van der Waals surface area contributed by atoms with Gasteiger partial charge in [0.1, 0.15) is 33.6 Å². The highest BCUT2D eigenvalue weighted by atomic mass is 32.2. The number of sulfonamides is 1. The molecule has 0 saturated carbocycles. The van der Waals surface area contributed by atoms with E-state index in [1.54, 1.807) is 13.0 Å². The van der Waals surface area contributed by atoms with E-state index in [0.29, 0.717) is 42.8 Å². The van der Waals surface area contributed by atoms with Gasteiger partial charge in [-0.25, -0.2) is 22.0 Å². The Balaban J connectivity index is 1.65. The molecule has 0 aliphatic carbocycles. The van der Waals surface area contributed by atoms with E-state index in [-0.39, 0.29) is 13.1 Å². The lowest BCUT2D eigenvalue weighted by Gasteiger charge is -2.33. The summed E-state index contributed by atoms with van der Waals surface area (Å²) in [7, 11) is -2.75. The number of carbonyl (C=O) groups is 1. The molecule has 0 bridgehead atoms. The van der Waals surface area contributed by atoms with Crippen LogP contribution >= 0.6 is 0 Å². The maximum atomic E-state index is 13.9. The molecule has 1 fully saturated rings. The first kappa shape index (κ1) is 20.4. The molecule has 2 aromatic rings. The molecule has 0 unspecified atom stereocenters. The van der Waals surface area contributed by atoms with E-state index in [1.165, 1.54) is 11.4 Å². The van der Waals surface area contributed by atoms with Crippen molar-refractivity contribution in [3.63, 3.8) is 0 Å². The fourth-order valence-electron chi connectivity index (χ4n) is 3.11. The van der Waals surface area contributed by atoms with Gasteiger partial charge < -0.3 is 9.15 Å². The standard InChI is InChI=1S/C18H20F2N2O5S/c1-12-15(18(23)26-2)10-14(27-12)11-21-5-7-22(8-6-21)28(24,25)17-4-3-13(19)9-16(17)20/h3-4,9-10H,5-8,11H2,1-2H3. The van der Waals surface area contributed by atoms with Crippen LogP contribution in [-0.2, 0) is 21.3 Å². The monoisotopic (exact) mass is 414 g/mol. The van der Waals surface area contributed by atoms with Crippen molar-refractivity contribution in [2.45, 2.75) is 18.4 Å². The summed E-state index contributed by atoms with van der Waals surface area (Å²) in [4.78, 5) is 13.1. The van der Waals surface area contributed by atoms with Gasteiger partial charge in [0, 0.05) is 32.2 Å². The van der Waals surface area contributed by atoms with E-state index in [4.69, 9.17) is 9.15 Å². The van der Waals surface area contributed by atoms with E-state index < -0.39 is 32.5 Å².